The van der Waals surface area contributed by atoms with Crippen LogP contribution in [0.4, 0.5) is 5.69 Å². The van der Waals surface area contributed by atoms with Crippen molar-refractivity contribution in [3.8, 4) is 16.9 Å². The lowest BCUT2D eigenvalue weighted by Crippen LogP contribution is -2.11. The van der Waals surface area contributed by atoms with Crippen molar-refractivity contribution in [1.82, 2.24) is 9.78 Å². The van der Waals surface area contributed by atoms with E-state index >= 15 is 0 Å². The third-order valence-corrected chi connectivity index (χ3v) is 6.75. The first kappa shape index (κ1) is 26.0. The fourth-order valence-electron chi connectivity index (χ4n) is 4.78. The molecule has 1 aromatic heterocycles. The number of aryl methyl sites for hydroxylation is 1. The molecule has 0 aliphatic carbocycles. The van der Waals surface area contributed by atoms with Crippen LogP contribution in [0, 0.1) is 6.92 Å². The lowest BCUT2D eigenvalue weighted by Gasteiger charge is -2.15. The van der Waals surface area contributed by atoms with Crippen LogP contribution in [0.1, 0.15) is 42.3 Å². The highest BCUT2D eigenvalue weighted by atomic mass is 16.5. The van der Waals surface area contributed by atoms with Crippen LogP contribution < -0.4 is 10.1 Å². The molecule has 0 aliphatic rings. The second-order valence-corrected chi connectivity index (χ2v) is 10.1. The molecule has 6 heteroatoms. The van der Waals surface area contributed by atoms with Gasteiger partial charge in [0.25, 0.3) is 0 Å². The van der Waals surface area contributed by atoms with Gasteiger partial charge >= 0.3 is 5.97 Å². The summed E-state index contributed by atoms with van der Waals surface area (Å²) < 4.78 is 8.27. The van der Waals surface area contributed by atoms with Crippen molar-refractivity contribution in [2.75, 3.05) is 5.32 Å². The van der Waals surface area contributed by atoms with E-state index in [4.69, 9.17) is 9.84 Å². The van der Waals surface area contributed by atoms with Gasteiger partial charge in [-0.2, -0.15) is 5.10 Å². The van der Waals surface area contributed by atoms with Gasteiger partial charge in [0.15, 0.2) is 0 Å². The number of nitrogens with zero attached hydrogens (tertiary/aromatic N) is 2. The maximum absolute atomic E-state index is 11.4. The van der Waals surface area contributed by atoms with Crippen molar-refractivity contribution >= 4 is 22.6 Å². The van der Waals surface area contributed by atoms with E-state index in [0.29, 0.717) is 11.3 Å². The summed E-state index contributed by atoms with van der Waals surface area (Å²) in [5.74, 6) is -0.288. The Balaban J connectivity index is 1.45. The van der Waals surface area contributed by atoms with E-state index in [2.05, 4.69) is 73.8 Å². The monoisotopic (exact) mass is 519 g/mol. The number of para-hydroxylation sites is 1. The summed E-state index contributed by atoms with van der Waals surface area (Å²) in [5.41, 5.74) is 8.08. The molecule has 6 nitrogen and oxygen atoms in total. The van der Waals surface area contributed by atoms with Crippen molar-refractivity contribution < 1.29 is 14.6 Å². The lowest BCUT2D eigenvalue weighted by molar-refractivity contribution is -0.136. The highest BCUT2D eigenvalue weighted by molar-refractivity contribution is 5.87. The molecule has 0 aliphatic heterocycles. The first-order chi connectivity index (χ1) is 18.9. The average Bonchev–Trinajstić information content (AvgIpc) is 3.31. The number of aliphatic carboxylic acids is 1. The second kappa shape index (κ2) is 11.4. The van der Waals surface area contributed by atoms with Gasteiger partial charge in [0.1, 0.15) is 12.4 Å². The average molecular weight is 520 g/mol. The summed E-state index contributed by atoms with van der Waals surface area (Å²) in [6.45, 7) is 7.19. The molecule has 0 saturated heterocycles. The molecule has 198 valence electrons. The molecule has 5 rings (SSSR count). The minimum Gasteiger partial charge on any atom is -0.487 e. The van der Waals surface area contributed by atoms with Crippen LogP contribution in [-0.2, 0) is 24.4 Å². The molecule has 2 N–H and O–H groups in total. The predicted octanol–water partition coefficient (Wildman–Crippen LogP) is 7.41. The summed E-state index contributed by atoms with van der Waals surface area (Å²) in [6, 6.07) is 30.9. The zero-order valence-electron chi connectivity index (χ0n) is 22.5. The van der Waals surface area contributed by atoms with Gasteiger partial charge in [-0.3, -0.25) is 9.48 Å². The van der Waals surface area contributed by atoms with E-state index in [9.17, 15) is 9.90 Å². The van der Waals surface area contributed by atoms with E-state index in [1.165, 1.54) is 5.56 Å². The first-order valence-electron chi connectivity index (χ1n) is 13.2. The SMILES string of the molecule is Cc1ccc(CC(=O)O)c(OCc2c3cc(-c4cccc(CNc5ccccc5)c4)ccc3nn2C(C)C)c1. The molecule has 1 heterocycles. The molecule has 0 unspecified atom stereocenters. The van der Waals surface area contributed by atoms with Gasteiger partial charge in [0.05, 0.1) is 17.6 Å². The molecule has 0 saturated carbocycles. The Morgan fingerprint density at radius 2 is 1.74 bits per heavy atom. The summed E-state index contributed by atoms with van der Waals surface area (Å²) in [5, 5.41) is 18.7. The number of benzene rings is 4. The van der Waals surface area contributed by atoms with Crippen LogP contribution >= 0.6 is 0 Å². The van der Waals surface area contributed by atoms with E-state index in [-0.39, 0.29) is 19.1 Å². The fraction of sp³-hybridized carbons (Fsp3) is 0.212. The molecule has 0 atom stereocenters. The number of rotatable bonds is 10. The normalized spacial score (nSPS) is 11.2. The van der Waals surface area contributed by atoms with Crippen molar-refractivity contribution in [3.63, 3.8) is 0 Å². The van der Waals surface area contributed by atoms with Gasteiger partial charge in [-0.25, -0.2) is 0 Å². The molecule has 0 radical (unpaired) electrons. The van der Waals surface area contributed by atoms with Gasteiger partial charge in [0.2, 0.25) is 0 Å². The Morgan fingerprint density at radius 3 is 2.51 bits per heavy atom. The number of carbonyl (C=O) groups is 1. The van der Waals surface area contributed by atoms with Crippen LogP contribution in [0.25, 0.3) is 22.0 Å². The molecule has 4 aromatic carbocycles. The minimum absolute atomic E-state index is 0.0839. The quantitative estimate of drug-likeness (QED) is 0.201. The van der Waals surface area contributed by atoms with E-state index in [1.807, 2.05) is 48.0 Å². The van der Waals surface area contributed by atoms with Gasteiger partial charge in [-0.1, -0.05) is 54.6 Å². The van der Waals surface area contributed by atoms with Crippen LogP contribution in [0.2, 0.25) is 0 Å². The van der Waals surface area contributed by atoms with Crippen LogP contribution in [0.3, 0.4) is 0 Å². The third kappa shape index (κ3) is 6.12. The smallest absolute Gasteiger partial charge is 0.307 e. The second-order valence-electron chi connectivity index (χ2n) is 10.1. The predicted molar refractivity (Wildman–Crippen MR) is 156 cm³/mol. The number of fused-ring (bicyclic) bond motifs is 1. The zero-order valence-corrected chi connectivity index (χ0v) is 22.5. The molecule has 0 spiro atoms. The minimum atomic E-state index is -0.882. The van der Waals surface area contributed by atoms with Crippen molar-refractivity contribution in [2.24, 2.45) is 0 Å². The van der Waals surface area contributed by atoms with E-state index in [1.54, 1.807) is 0 Å². The fourth-order valence-corrected chi connectivity index (χ4v) is 4.78. The van der Waals surface area contributed by atoms with E-state index in [0.717, 1.165) is 45.5 Å². The number of hydrogen-bond donors (Lipinski definition) is 2. The molecule has 0 amide bonds. The highest BCUT2D eigenvalue weighted by Crippen LogP contribution is 2.30. The summed E-state index contributed by atoms with van der Waals surface area (Å²) in [7, 11) is 0. The molecule has 39 heavy (non-hydrogen) atoms. The van der Waals surface area contributed by atoms with Crippen LogP contribution in [0.15, 0.2) is 91.0 Å². The summed E-state index contributed by atoms with van der Waals surface area (Å²) >= 11 is 0. The van der Waals surface area contributed by atoms with Crippen molar-refractivity contribution in [1.29, 1.82) is 0 Å². The number of carboxylic acid groups (broad SMARTS) is 1. The Morgan fingerprint density at radius 1 is 0.949 bits per heavy atom. The Labute approximate surface area is 228 Å². The topological polar surface area (TPSA) is 76.4 Å². The number of aromatic nitrogens is 2. The number of ether oxygens (including phenoxy) is 1. The standard InChI is InChI=1S/C33H33N3O3/c1-22(2)36-31(21-39-32-16-23(3)12-13-27(32)19-33(37)38)29-18-26(14-15-30(29)35-36)25-9-7-8-24(17-25)20-34-28-10-5-4-6-11-28/h4-18,22,34H,19-21H2,1-3H3,(H,37,38). The van der Waals surface area contributed by atoms with Crippen molar-refractivity contribution in [3.05, 3.63) is 113 Å². The van der Waals surface area contributed by atoms with Crippen molar-refractivity contribution in [2.45, 2.75) is 46.4 Å². The molecule has 0 bridgehead atoms. The van der Waals surface area contributed by atoms with Crippen LogP contribution in [0.5, 0.6) is 5.75 Å². The Kier molecular flexibility index (Phi) is 7.64. The third-order valence-electron chi connectivity index (χ3n) is 6.75. The maximum atomic E-state index is 11.4. The molecule has 5 aromatic rings. The van der Waals surface area contributed by atoms with Gasteiger partial charge in [-0.15, -0.1) is 0 Å². The van der Waals surface area contributed by atoms with Gasteiger partial charge in [-0.05, 0) is 79.4 Å². The largest absolute Gasteiger partial charge is 0.487 e. The maximum Gasteiger partial charge on any atom is 0.307 e. The molecular weight excluding hydrogens is 486 g/mol. The summed E-state index contributed by atoms with van der Waals surface area (Å²) in [6.07, 6.45) is -0.0839. The Bertz CT molecular complexity index is 1610. The van der Waals surface area contributed by atoms with E-state index < -0.39 is 5.97 Å². The summed E-state index contributed by atoms with van der Waals surface area (Å²) in [4.78, 5) is 11.4. The van der Waals surface area contributed by atoms with Gasteiger partial charge in [0, 0.05) is 29.2 Å². The first-order valence-corrected chi connectivity index (χ1v) is 13.2. The number of nitrogens with one attached hydrogen (secondary N) is 1. The Hall–Kier alpha value is -4.58. The lowest BCUT2D eigenvalue weighted by atomic mass is 10.0. The number of hydrogen-bond acceptors (Lipinski definition) is 4. The van der Waals surface area contributed by atoms with Crippen LogP contribution in [-0.4, -0.2) is 20.9 Å². The number of carboxylic acids is 1. The molecule has 0 fully saturated rings. The highest BCUT2D eigenvalue weighted by Gasteiger charge is 2.17. The van der Waals surface area contributed by atoms with Gasteiger partial charge < -0.3 is 15.2 Å². The number of anilines is 1. The molecular formula is C33H33N3O3. The zero-order chi connectivity index (χ0) is 27.4.